The number of Topliss-reactive ketones (excluding diaryl/α,β-unsaturated/α-hetero) is 1. The Morgan fingerprint density at radius 3 is 2.73 bits per heavy atom. The largest absolute Gasteiger partial charge is 0.496 e. The van der Waals surface area contributed by atoms with Crippen LogP contribution < -0.4 is 4.74 Å². The third-order valence-electron chi connectivity index (χ3n) is 5.48. The van der Waals surface area contributed by atoms with Crippen LogP contribution in [0.25, 0.3) is 11.4 Å². The first-order valence-corrected chi connectivity index (χ1v) is 11.5. The lowest BCUT2D eigenvalue weighted by Crippen LogP contribution is -2.08. The summed E-state index contributed by atoms with van der Waals surface area (Å²) in [7, 11) is 1.63. The molecule has 0 unspecified atom stereocenters. The number of rotatable bonds is 10. The molecule has 4 rings (SSSR count). The highest BCUT2D eigenvalue weighted by atomic mass is 32.2. The van der Waals surface area contributed by atoms with Crippen LogP contribution in [0.15, 0.2) is 71.0 Å². The number of hydrogen-bond donors (Lipinski definition) is 0. The fourth-order valence-corrected chi connectivity index (χ4v) is 4.64. The predicted molar refractivity (Wildman–Crippen MR) is 129 cm³/mol. The Kier molecular flexibility index (Phi) is 6.84. The fourth-order valence-electron chi connectivity index (χ4n) is 3.81. The first-order valence-electron chi connectivity index (χ1n) is 10.6. The summed E-state index contributed by atoms with van der Waals surface area (Å²) in [6.07, 6.45) is 3.45. The Morgan fingerprint density at radius 2 is 2.00 bits per heavy atom. The van der Waals surface area contributed by atoms with Gasteiger partial charge in [0.05, 0.1) is 31.2 Å². The highest BCUT2D eigenvalue weighted by Crippen LogP contribution is 2.31. The van der Waals surface area contributed by atoms with Gasteiger partial charge in [0.2, 0.25) is 0 Å². The van der Waals surface area contributed by atoms with Gasteiger partial charge in [-0.1, -0.05) is 30.0 Å². The van der Waals surface area contributed by atoms with Gasteiger partial charge in [0.25, 0.3) is 0 Å². The molecule has 33 heavy (non-hydrogen) atoms. The first kappa shape index (κ1) is 22.7. The number of allylic oxidation sites excluding steroid dienone is 1. The van der Waals surface area contributed by atoms with E-state index in [-0.39, 0.29) is 11.5 Å². The lowest BCUT2D eigenvalue weighted by molar-refractivity contribution is 0.102. The molecule has 0 aliphatic heterocycles. The van der Waals surface area contributed by atoms with Gasteiger partial charge in [-0.05, 0) is 44.2 Å². The Bertz CT molecular complexity index is 1270. The zero-order chi connectivity index (χ0) is 23.4. The Balaban J connectivity index is 1.54. The highest BCUT2D eigenvalue weighted by molar-refractivity contribution is 7.99. The number of methoxy groups -OCH3 is 1. The van der Waals surface area contributed by atoms with Crippen molar-refractivity contribution in [2.45, 2.75) is 32.1 Å². The number of thioether (sulfide) groups is 1. The summed E-state index contributed by atoms with van der Waals surface area (Å²) in [5.41, 5.74) is 3.50. The standard InChI is InChI=1S/C25H26N4O3S/c1-5-12-28-24(20-10-6-7-11-23(20)31-4)26-27-25(28)33-16-22(30)21-14-17(2)29(18(21)3)15-19-9-8-13-32-19/h5-11,13-14H,1,12,15-16H2,2-4H3. The van der Waals surface area contributed by atoms with E-state index in [0.717, 1.165) is 22.7 Å². The van der Waals surface area contributed by atoms with Gasteiger partial charge in [0.15, 0.2) is 16.8 Å². The minimum absolute atomic E-state index is 0.0470. The second-order valence-electron chi connectivity index (χ2n) is 7.57. The van der Waals surface area contributed by atoms with Crippen LogP contribution in [0.2, 0.25) is 0 Å². The lowest BCUT2D eigenvalue weighted by atomic mass is 10.2. The summed E-state index contributed by atoms with van der Waals surface area (Å²) < 4.78 is 15.0. The zero-order valence-electron chi connectivity index (χ0n) is 18.9. The molecule has 0 saturated carbocycles. The average molecular weight is 463 g/mol. The van der Waals surface area contributed by atoms with Crippen molar-refractivity contribution >= 4 is 17.5 Å². The average Bonchev–Trinajstić information content (AvgIpc) is 3.54. The number of aryl methyl sites for hydroxylation is 1. The Morgan fingerprint density at radius 1 is 1.18 bits per heavy atom. The maximum Gasteiger partial charge on any atom is 0.192 e. The van der Waals surface area contributed by atoms with E-state index in [1.807, 2.05) is 60.9 Å². The topological polar surface area (TPSA) is 75.1 Å². The van der Waals surface area contributed by atoms with Gasteiger partial charge in [-0.15, -0.1) is 16.8 Å². The molecule has 0 bridgehead atoms. The molecule has 0 atom stereocenters. The number of carbonyl (C=O) groups is 1. The quantitative estimate of drug-likeness (QED) is 0.184. The number of ether oxygens (including phenoxy) is 1. The molecule has 0 aliphatic rings. The summed E-state index contributed by atoms with van der Waals surface area (Å²) >= 11 is 1.37. The summed E-state index contributed by atoms with van der Waals surface area (Å²) in [4.78, 5) is 13.1. The summed E-state index contributed by atoms with van der Waals surface area (Å²) in [6.45, 7) is 8.94. The molecule has 0 spiro atoms. The number of benzene rings is 1. The summed E-state index contributed by atoms with van der Waals surface area (Å²) in [6, 6.07) is 13.4. The normalized spacial score (nSPS) is 11.0. The highest BCUT2D eigenvalue weighted by Gasteiger charge is 2.20. The molecule has 4 aromatic rings. The van der Waals surface area contributed by atoms with Crippen molar-refractivity contribution in [3.63, 3.8) is 0 Å². The van der Waals surface area contributed by atoms with E-state index < -0.39 is 0 Å². The lowest BCUT2D eigenvalue weighted by Gasteiger charge is -2.10. The fraction of sp³-hybridized carbons (Fsp3) is 0.240. The monoisotopic (exact) mass is 462 g/mol. The van der Waals surface area contributed by atoms with Gasteiger partial charge in [-0.2, -0.15) is 0 Å². The van der Waals surface area contributed by atoms with Crippen molar-refractivity contribution in [3.8, 4) is 17.1 Å². The molecule has 0 amide bonds. The third-order valence-corrected chi connectivity index (χ3v) is 6.44. The van der Waals surface area contributed by atoms with Gasteiger partial charge in [-0.3, -0.25) is 9.36 Å². The minimum atomic E-state index is 0.0470. The van der Waals surface area contributed by atoms with Crippen LogP contribution in [-0.2, 0) is 13.1 Å². The van der Waals surface area contributed by atoms with Gasteiger partial charge in [0, 0.05) is 23.5 Å². The van der Waals surface area contributed by atoms with E-state index >= 15 is 0 Å². The number of para-hydroxylation sites is 1. The molecule has 3 aromatic heterocycles. The van der Waals surface area contributed by atoms with Crippen molar-refractivity contribution in [2.75, 3.05) is 12.9 Å². The maximum atomic E-state index is 13.1. The number of carbonyl (C=O) groups excluding carboxylic acids is 1. The van der Waals surface area contributed by atoms with Crippen molar-refractivity contribution in [2.24, 2.45) is 0 Å². The zero-order valence-corrected chi connectivity index (χ0v) is 19.8. The second kappa shape index (κ2) is 9.95. The number of furan rings is 1. The van der Waals surface area contributed by atoms with Crippen LogP contribution in [0.4, 0.5) is 0 Å². The molecule has 0 aliphatic carbocycles. The van der Waals surface area contributed by atoms with E-state index in [1.54, 1.807) is 19.4 Å². The van der Waals surface area contributed by atoms with Crippen LogP contribution in [0.5, 0.6) is 5.75 Å². The molecule has 0 saturated heterocycles. The summed E-state index contributed by atoms with van der Waals surface area (Å²) in [5, 5.41) is 9.39. The molecule has 170 valence electrons. The number of ketones is 1. The molecular formula is C25H26N4O3S. The van der Waals surface area contributed by atoms with Crippen LogP contribution in [-0.4, -0.2) is 38.0 Å². The van der Waals surface area contributed by atoms with Crippen molar-refractivity contribution < 1.29 is 13.9 Å². The predicted octanol–water partition coefficient (Wildman–Crippen LogP) is 5.17. The maximum absolute atomic E-state index is 13.1. The summed E-state index contributed by atoms with van der Waals surface area (Å²) in [5.74, 6) is 2.55. The van der Waals surface area contributed by atoms with Gasteiger partial charge in [-0.25, -0.2) is 0 Å². The van der Waals surface area contributed by atoms with Crippen molar-refractivity contribution in [1.82, 2.24) is 19.3 Å². The third kappa shape index (κ3) is 4.66. The van der Waals surface area contributed by atoms with Crippen LogP contribution in [0, 0.1) is 13.8 Å². The van der Waals surface area contributed by atoms with Crippen LogP contribution in [0.1, 0.15) is 27.5 Å². The molecule has 0 fully saturated rings. The number of nitrogens with zero attached hydrogens (tertiary/aromatic N) is 4. The van der Waals surface area contributed by atoms with Crippen molar-refractivity contribution in [3.05, 3.63) is 84.1 Å². The number of hydrogen-bond acceptors (Lipinski definition) is 6. The second-order valence-corrected chi connectivity index (χ2v) is 8.51. The molecule has 0 radical (unpaired) electrons. The van der Waals surface area contributed by atoms with E-state index in [2.05, 4.69) is 21.3 Å². The van der Waals surface area contributed by atoms with Gasteiger partial charge in [0.1, 0.15) is 11.5 Å². The molecule has 0 N–H and O–H groups in total. The van der Waals surface area contributed by atoms with E-state index in [1.165, 1.54) is 11.8 Å². The Hall–Kier alpha value is -3.52. The van der Waals surface area contributed by atoms with Crippen molar-refractivity contribution in [1.29, 1.82) is 0 Å². The molecule has 3 heterocycles. The molecule has 8 heteroatoms. The van der Waals surface area contributed by atoms with E-state index in [0.29, 0.717) is 35.4 Å². The number of aromatic nitrogens is 4. The molecule has 1 aromatic carbocycles. The van der Waals surface area contributed by atoms with Crippen LogP contribution in [0.3, 0.4) is 0 Å². The smallest absolute Gasteiger partial charge is 0.192 e. The Labute approximate surface area is 197 Å². The SMILES string of the molecule is C=CCn1c(SCC(=O)c2cc(C)n(Cc3ccco3)c2C)nnc1-c1ccccc1OC. The van der Waals surface area contributed by atoms with Crippen LogP contribution >= 0.6 is 11.8 Å². The van der Waals surface area contributed by atoms with Gasteiger partial charge >= 0.3 is 0 Å². The molecular weight excluding hydrogens is 436 g/mol. The minimum Gasteiger partial charge on any atom is -0.496 e. The van der Waals surface area contributed by atoms with E-state index in [9.17, 15) is 4.79 Å². The van der Waals surface area contributed by atoms with E-state index in [4.69, 9.17) is 9.15 Å². The first-order chi connectivity index (χ1) is 16.0. The molecule has 7 nitrogen and oxygen atoms in total. The van der Waals surface area contributed by atoms with Gasteiger partial charge < -0.3 is 13.7 Å².